The van der Waals surface area contributed by atoms with Crippen molar-refractivity contribution < 1.29 is 22.4 Å². The molecule has 28 heavy (non-hydrogen) atoms. The number of rotatable bonds is 3. The number of nitrogens with zero attached hydrogens (tertiary/aromatic N) is 2. The number of aliphatic imine (C=N–C) groups is 1. The molecule has 0 atom stereocenters. The topological polar surface area (TPSA) is 58.7 Å². The van der Waals surface area contributed by atoms with Crippen molar-refractivity contribution in [3.63, 3.8) is 0 Å². The number of hydrogen-bond donors (Lipinski definition) is 1. The summed E-state index contributed by atoms with van der Waals surface area (Å²) in [4.78, 5) is 17.8. The molecule has 0 saturated carbocycles. The van der Waals surface area contributed by atoms with E-state index in [4.69, 9.17) is 5.73 Å². The second-order valence-electron chi connectivity index (χ2n) is 5.63. The smallest absolute Gasteiger partial charge is 0.268 e. The maximum atomic E-state index is 14.1. The van der Waals surface area contributed by atoms with Gasteiger partial charge < -0.3 is 5.73 Å². The number of anilines is 1. The van der Waals surface area contributed by atoms with E-state index in [-0.39, 0.29) is 17.7 Å². The summed E-state index contributed by atoms with van der Waals surface area (Å²) in [5.74, 6) is -9.20. The first-order valence-corrected chi connectivity index (χ1v) is 8.02. The minimum absolute atomic E-state index is 0.175. The van der Waals surface area contributed by atoms with Gasteiger partial charge in [0.25, 0.3) is 5.91 Å². The first-order chi connectivity index (χ1) is 13.4. The summed E-state index contributed by atoms with van der Waals surface area (Å²) in [7, 11) is 0. The lowest BCUT2D eigenvalue weighted by atomic mass is 10.1. The molecule has 0 bridgehead atoms. The fraction of sp³-hybridized carbons (Fsp3) is 0. The molecule has 0 aliphatic heterocycles. The van der Waals surface area contributed by atoms with Crippen molar-refractivity contribution in [2.24, 2.45) is 10.7 Å². The van der Waals surface area contributed by atoms with Crippen LogP contribution in [0.15, 0.2) is 71.7 Å². The lowest BCUT2D eigenvalue weighted by Crippen LogP contribution is -2.42. The minimum Gasteiger partial charge on any atom is -0.369 e. The highest BCUT2D eigenvalue weighted by Crippen LogP contribution is 2.24. The molecule has 0 heterocycles. The van der Waals surface area contributed by atoms with Gasteiger partial charge in [-0.3, -0.25) is 4.79 Å². The maximum absolute atomic E-state index is 14.1. The Bertz CT molecular complexity index is 1040. The van der Waals surface area contributed by atoms with Gasteiger partial charge in [-0.15, -0.1) is 0 Å². The summed E-state index contributed by atoms with van der Waals surface area (Å²) in [6, 6.07) is 16.4. The number of carbonyl (C=O) groups excluding carboxylic acids is 1. The Hall–Kier alpha value is -3.68. The highest BCUT2D eigenvalue weighted by atomic mass is 19.2. The largest absolute Gasteiger partial charge is 0.369 e. The molecule has 0 unspecified atom stereocenters. The molecule has 142 valence electrons. The Morgan fingerprint density at radius 3 is 2.00 bits per heavy atom. The second-order valence-corrected chi connectivity index (χ2v) is 5.63. The van der Waals surface area contributed by atoms with Crippen LogP contribution in [0.2, 0.25) is 0 Å². The van der Waals surface area contributed by atoms with Gasteiger partial charge in [0, 0.05) is 0 Å². The molecule has 3 aromatic rings. The van der Waals surface area contributed by atoms with Gasteiger partial charge in [-0.25, -0.2) is 27.5 Å². The van der Waals surface area contributed by atoms with Crippen LogP contribution in [0.5, 0.6) is 0 Å². The molecule has 2 N–H and O–H groups in total. The van der Waals surface area contributed by atoms with E-state index < -0.39 is 34.7 Å². The van der Waals surface area contributed by atoms with E-state index in [0.29, 0.717) is 5.69 Å². The first kappa shape index (κ1) is 19.1. The van der Waals surface area contributed by atoms with Crippen LogP contribution in [0, 0.1) is 23.3 Å². The van der Waals surface area contributed by atoms with Gasteiger partial charge in [-0.05, 0) is 30.3 Å². The summed E-state index contributed by atoms with van der Waals surface area (Å²) >= 11 is 0. The zero-order chi connectivity index (χ0) is 20.3. The fourth-order valence-corrected chi connectivity index (χ4v) is 2.46. The Balaban J connectivity index is 2.13. The summed E-state index contributed by atoms with van der Waals surface area (Å²) in [5, 5.41) is 0. The highest BCUT2D eigenvalue weighted by Gasteiger charge is 2.29. The van der Waals surface area contributed by atoms with Gasteiger partial charge >= 0.3 is 0 Å². The molecular weight excluding hydrogens is 374 g/mol. The van der Waals surface area contributed by atoms with Crippen LogP contribution >= 0.6 is 0 Å². The highest BCUT2D eigenvalue weighted by molar-refractivity contribution is 6.22. The summed E-state index contributed by atoms with van der Waals surface area (Å²) in [6.45, 7) is 0. The molecule has 4 nitrogen and oxygen atoms in total. The van der Waals surface area contributed by atoms with E-state index in [1.807, 2.05) is 0 Å². The van der Waals surface area contributed by atoms with Gasteiger partial charge in [0.2, 0.25) is 5.96 Å². The second kappa shape index (κ2) is 7.91. The normalized spacial score (nSPS) is 11.4. The molecule has 3 aromatic carbocycles. The van der Waals surface area contributed by atoms with Crippen molar-refractivity contribution in [1.82, 2.24) is 0 Å². The summed E-state index contributed by atoms with van der Waals surface area (Å²) < 4.78 is 54.6. The Labute approximate surface area is 157 Å². The van der Waals surface area contributed by atoms with E-state index in [0.717, 1.165) is 4.90 Å². The van der Waals surface area contributed by atoms with Crippen LogP contribution in [0.3, 0.4) is 0 Å². The van der Waals surface area contributed by atoms with Crippen LogP contribution in [0.25, 0.3) is 0 Å². The molecule has 0 fully saturated rings. The molecule has 0 saturated heterocycles. The van der Waals surface area contributed by atoms with Crippen LogP contribution < -0.4 is 10.6 Å². The number of benzene rings is 3. The van der Waals surface area contributed by atoms with E-state index in [1.165, 1.54) is 12.1 Å². The van der Waals surface area contributed by atoms with Crippen molar-refractivity contribution in [2.75, 3.05) is 4.90 Å². The van der Waals surface area contributed by atoms with Gasteiger partial charge in [-0.1, -0.05) is 36.4 Å². The molecular formula is C20H13F4N3O. The van der Waals surface area contributed by atoms with Gasteiger partial charge in [0.05, 0.1) is 16.9 Å². The Kier molecular flexibility index (Phi) is 5.39. The molecule has 1 amide bonds. The standard InChI is InChI=1S/C20H13F4N3O/c21-15-11-14(16(22)18(24)17(15)23)19(28)27(13-9-5-2-6-10-13)20(25)26-12-7-3-1-4-8-12/h1-11H,(H2,25,26). The lowest BCUT2D eigenvalue weighted by molar-refractivity contribution is 0.0996. The van der Waals surface area contributed by atoms with Crippen molar-refractivity contribution in [3.05, 3.63) is 95.6 Å². The predicted octanol–water partition coefficient (Wildman–Crippen LogP) is 4.54. The maximum Gasteiger partial charge on any atom is 0.268 e. The van der Waals surface area contributed by atoms with Crippen LogP contribution in [0.4, 0.5) is 28.9 Å². The Morgan fingerprint density at radius 2 is 1.39 bits per heavy atom. The molecule has 0 aromatic heterocycles. The first-order valence-electron chi connectivity index (χ1n) is 8.02. The SMILES string of the molecule is NC(=Nc1ccccc1)N(C(=O)c1cc(F)c(F)c(F)c1F)c1ccccc1. The zero-order valence-electron chi connectivity index (χ0n) is 14.2. The van der Waals surface area contributed by atoms with Crippen molar-refractivity contribution in [2.45, 2.75) is 0 Å². The predicted molar refractivity (Wildman–Crippen MR) is 97.2 cm³/mol. The molecule has 0 spiro atoms. The third kappa shape index (κ3) is 3.71. The fourth-order valence-electron chi connectivity index (χ4n) is 2.46. The summed E-state index contributed by atoms with van der Waals surface area (Å²) in [6.07, 6.45) is 0. The van der Waals surface area contributed by atoms with Crippen molar-refractivity contribution >= 4 is 23.2 Å². The van der Waals surface area contributed by atoms with Crippen molar-refractivity contribution in [1.29, 1.82) is 0 Å². The number of halogens is 4. The molecule has 3 rings (SSSR count). The number of para-hydroxylation sites is 2. The monoisotopic (exact) mass is 387 g/mol. The van der Waals surface area contributed by atoms with Crippen LogP contribution in [-0.4, -0.2) is 11.9 Å². The average molecular weight is 387 g/mol. The average Bonchev–Trinajstić information content (AvgIpc) is 2.70. The molecule has 0 radical (unpaired) electrons. The van der Waals surface area contributed by atoms with E-state index in [1.54, 1.807) is 48.5 Å². The number of carbonyl (C=O) groups is 1. The third-order valence-corrected chi connectivity index (χ3v) is 3.78. The lowest BCUT2D eigenvalue weighted by Gasteiger charge is -2.22. The van der Waals surface area contributed by atoms with Crippen molar-refractivity contribution in [3.8, 4) is 0 Å². The van der Waals surface area contributed by atoms with Gasteiger partial charge in [0.15, 0.2) is 23.3 Å². The number of hydrogen-bond acceptors (Lipinski definition) is 2. The minimum atomic E-state index is -2.09. The zero-order valence-corrected chi connectivity index (χ0v) is 14.2. The third-order valence-electron chi connectivity index (χ3n) is 3.78. The van der Waals surface area contributed by atoms with Gasteiger partial charge in [-0.2, -0.15) is 0 Å². The Morgan fingerprint density at radius 1 is 0.821 bits per heavy atom. The molecule has 0 aliphatic carbocycles. The summed E-state index contributed by atoms with van der Waals surface area (Å²) in [5.41, 5.74) is 5.49. The quantitative estimate of drug-likeness (QED) is 0.236. The molecule has 0 aliphatic rings. The number of amides is 1. The van der Waals surface area contributed by atoms with Gasteiger partial charge in [0.1, 0.15) is 0 Å². The number of guanidine groups is 1. The van der Waals surface area contributed by atoms with E-state index in [2.05, 4.69) is 4.99 Å². The van der Waals surface area contributed by atoms with E-state index in [9.17, 15) is 22.4 Å². The van der Waals surface area contributed by atoms with E-state index >= 15 is 0 Å². The molecule has 8 heteroatoms. The van der Waals surface area contributed by atoms with Crippen LogP contribution in [-0.2, 0) is 0 Å². The van der Waals surface area contributed by atoms with Crippen LogP contribution in [0.1, 0.15) is 10.4 Å². The number of nitrogens with two attached hydrogens (primary N) is 1.